The van der Waals surface area contributed by atoms with Gasteiger partial charge in [-0.2, -0.15) is 5.10 Å². The third-order valence-electron chi connectivity index (χ3n) is 20.4. The van der Waals surface area contributed by atoms with E-state index in [-0.39, 0.29) is 0 Å². The van der Waals surface area contributed by atoms with Gasteiger partial charge in [0.15, 0.2) is 23.3 Å². The highest BCUT2D eigenvalue weighted by Crippen LogP contribution is 2.46. The van der Waals surface area contributed by atoms with Crippen molar-refractivity contribution in [2.75, 3.05) is 22.9 Å². The Morgan fingerprint density at radius 1 is 0.306 bits per heavy atom. The zero-order valence-electron chi connectivity index (χ0n) is 74.7. The fourth-order valence-corrected chi connectivity index (χ4v) is 15.7. The number of imidazole rings is 1. The molecule has 634 valence electrons. The second kappa shape index (κ2) is 49.9. The van der Waals surface area contributed by atoms with E-state index in [0.717, 1.165) is 112 Å². The minimum absolute atomic E-state index is 0.359. The Labute approximate surface area is 717 Å². The van der Waals surface area contributed by atoms with Gasteiger partial charge in [-0.25, -0.2) is 44.9 Å². The largest absolute Gasteiger partial charge is 0.382 e. The Morgan fingerprint density at radius 2 is 0.620 bits per heavy atom. The van der Waals surface area contributed by atoms with Gasteiger partial charge in [-0.3, -0.25) is 10.1 Å². The van der Waals surface area contributed by atoms with Gasteiger partial charge in [0.2, 0.25) is 0 Å². The van der Waals surface area contributed by atoms with E-state index < -0.39 is 0 Å². The summed E-state index contributed by atoms with van der Waals surface area (Å²) in [5, 5.41) is 6.21. The molecule has 17 aromatic rings. The van der Waals surface area contributed by atoms with Gasteiger partial charge in [-0.05, 0) is 138 Å². The van der Waals surface area contributed by atoms with Crippen LogP contribution in [0.1, 0.15) is 227 Å². The number of rotatable bonds is 5. The highest BCUT2D eigenvalue weighted by molar-refractivity contribution is 5.92. The van der Waals surface area contributed by atoms with Crippen molar-refractivity contribution >= 4 is 78.4 Å². The van der Waals surface area contributed by atoms with Gasteiger partial charge in [0.05, 0.1) is 39.4 Å². The van der Waals surface area contributed by atoms with Crippen molar-refractivity contribution in [3.63, 3.8) is 0 Å². The van der Waals surface area contributed by atoms with Crippen molar-refractivity contribution in [3.8, 4) is 5.69 Å². The number of nitrogen functional groups attached to an aromatic ring is 4. The Bertz CT molecular complexity index is 5400. The first-order valence-corrected chi connectivity index (χ1v) is 43.4. The molecule has 121 heavy (non-hydrogen) atoms. The molecular weight excluding hydrogens is 1500 g/mol. The third kappa shape index (κ3) is 22.8. The molecule has 21 heteroatoms. The van der Waals surface area contributed by atoms with Crippen LogP contribution < -0.4 is 22.9 Å². The molecule has 0 radical (unpaired) electrons. The van der Waals surface area contributed by atoms with E-state index in [2.05, 4.69) is 204 Å². The molecule has 0 bridgehead atoms. The lowest BCUT2D eigenvalue weighted by atomic mass is 9.94. The van der Waals surface area contributed by atoms with Gasteiger partial charge in [0, 0.05) is 122 Å². The van der Waals surface area contributed by atoms with Crippen LogP contribution in [0.25, 0.3) is 60.9 Å². The SMILES string of the molecule is CC.CC.CC.CC.CC.CC.CC.CC.Cn1cc(C2CCc3ccccc32)c2ncnc(N)c21.Cn1cc(C2CCc3ccccc32)c2ncnc(N)c21.Cn1cc(C2CCc3ccccc32)c2ncnc(N)c21.Nc1ncnc2c(C3CCc4ccccc43)cn(-c3ccccc3)c12.c1ccc2[nH]cnc2c1.c1ccncc1.c1cn[nH]c1. The van der Waals surface area contributed by atoms with Gasteiger partial charge in [-0.15, -0.1) is 0 Å². The van der Waals surface area contributed by atoms with E-state index in [0.29, 0.717) is 46.9 Å². The molecule has 6 aromatic carbocycles. The van der Waals surface area contributed by atoms with Gasteiger partial charge in [-0.1, -0.05) is 244 Å². The number of nitrogens with zero attached hydrogens (tertiary/aromatic N) is 15. The molecule has 4 aliphatic rings. The average molecular weight is 1630 g/mol. The number of nitrogens with one attached hydrogen (secondary N) is 2. The molecule has 10 N–H and O–H groups in total. The minimum Gasteiger partial charge on any atom is -0.382 e. The van der Waals surface area contributed by atoms with Crippen molar-refractivity contribution in [2.24, 2.45) is 21.1 Å². The van der Waals surface area contributed by atoms with Crippen molar-refractivity contribution < 1.29 is 0 Å². The molecule has 4 atom stereocenters. The first-order chi connectivity index (χ1) is 59.6. The van der Waals surface area contributed by atoms with Crippen molar-refractivity contribution in [3.05, 3.63) is 324 Å². The molecule has 0 saturated heterocycles. The van der Waals surface area contributed by atoms with Gasteiger partial charge >= 0.3 is 0 Å². The van der Waals surface area contributed by atoms with E-state index in [1.165, 1.54) is 66.8 Å². The topological polar surface area (TPSA) is 297 Å². The number of hydrogen-bond acceptors (Lipinski definition) is 15. The molecule has 11 aromatic heterocycles. The number of H-pyrrole nitrogens is 2. The zero-order chi connectivity index (χ0) is 87.8. The van der Waals surface area contributed by atoms with Crippen molar-refractivity contribution in [1.82, 2.24) is 83.3 Å². The first kappa shape index (κ1) is 95.0. The normalized spacial score (nSPS) is 13.9. The summed E-state index contributed by atoms with van der Waals surface area (Å²) in [7, 11) is 6.02. The molecule has 0 spiro atoms. The lowest BCUT2D eigenvalue weighted by molar-refractivity contribution is 0.786. The monoisotopic (exact) mass is 1620 g/mol. The van der Waals surface area contributed by atoms with Crippen LogP contribution in [0.2, 0.25) is 0 Å². The van der Waals surface area contributed by atoms with Crippen LogP contribution in [-0.4, -0.2) is 83.3 Å². The maximum absolute atomic E-state index is 6.23. The molecular formula is C100H129N21. The van der Waals surface area contributed by atoms with Gasteiger partial charge in [0.1, 0.15) is 47.4 Å². The van der Waals surface area contributed by atoms with Crippen molar-refractivity contribution in [2.45, 2.75) is 186 Å². The quantitative estimate of drug-likeness (QED) is 0.0933. The number of benzene rings is 6. The summed E-state index contributed by atoms with van der Waals surface area (Å²) in [6, 6.07) is 60.5. The average Bonchev–Trinajstić information content (AvgIpc) is 1.62. The Balaban J connectivity index is 0.000000196. The first-order valence-electron chi connectivity index (χ1n) is 43.4. The molecule has 4 aliphatic carbocycles. The minimum atomic E-state index is 0.359. The molecule has 0 saturated carbocycles. The summed E-state index contributed by atoms with van der Waals surface area (Å²) >= 11 is 0. The fourth-order valence-electron chi connectivity index (χ4n) is 15.7. The number of para-hydroxylation sites is 3. The van der Waals surface area contributed by atoms with E-state index >= 15 is 0 Å². The predicted octanol–water partition coefficient (Wildman–Crippen LogP) is 23.2. The highest BCUT2D eigenvalue weighted by Gasteiger charge is 2.32. The smallest absolute Gasteiger partial charge is 0.151 e. The lowest BCUT2D eigenvalue weighted by Gasteiger charge is -2.10. The number of anilines is 4. The van der Waals surface area contributed by atoms with Crippen LogP contribution in [0.5, 0.6) is 0 Å². The molecule has 11 heterocycles. The van der Waals surface area contributed by atoms with Crippen molar-refractivity contribution in [1.29, 1.82) is 0 Å². The van der Waals surface area contributed by atoms with Crippen LogP contribution in [0, 0.1) is 0 Å². The zero-order valence-corrected chi connectivity index (χ0v) is 74.7. The number of aromatic amines is 2. The molecule has 21 nitrogen and oxygen atoms in total. The third-order valence-corrected chi connectivity index (χ3v) is 20.4. The summed E-state index contributed by atoms with van der Waals surface area (Å²) in [6.07, 6.45) is 32.6. The van der Waals surface area contributed by atoms with Crippen LogP contribution in [0.4, 0.5) is 23.3 Å². The summed E-state index contributed by atoms with van der Waals surface area (Å²) in [5.41, 5.74) is 51.6. The second-order valence-electron chi connectivity index (χ2n) is 26.6. The number of aromatic nitrogens is 17. The van der Waals surface area contributed by atoms with Crippen LogP contribution in [0.15, 0.2) is 257 Å². The summed E-state index contributed by atoms with van der Waals surface area (Å²) in [5.74, 6) is 3.79. The highest BCUT2D eigenvalue weighted by atomic mass is 15.1. The number of nitrogens with two attached hydrogens (primary N) is 4. The summed E-state index contributed by atoms with van der Waals surface area (Å²) < 4.78 is 8.25. The molecule has 4 unspecified atom stereocenters. The molecule has 0 aliphatic heterocycles. The maximum atomic E-state index is 6.23. The standard InChI is InChI=1S/C21H18N4.3C16H16N4.C7H6N2.C5H5N.C3H4N2.8C2H6/c22-21-20-19(23-13-24-21)18(12-25(20)15-7-2-1-3-8-15)17-11-10-14-6-4-5-9-16(14)17;3*1-20-8-13(14-15(20)16(17)19-9-18-14)12-7-6-10-4-2-3-5-11(10)12;1-2-4-7-6(3-1)8-5-9-7;1-2-4-6-5-3-1;1-2-4-5-3-1;8*1-2/h1-9,12-13,17H,10-11H2,(H2,22,23,24);3*2-5,8-9,12H,6-7H2,1H3,(H2,17,18,19);1-5H,(H,8,9);1-5H;1-3H,(H,4,5);8*1-2H3. The van der Waals surface area contributed by atoms with Crippen LogP contribution in [0.3, 0.4) is 0 Å². The summed E-state index contributed by atoms with van der Waals surface area (Å²) in [4.78, 5) is 45.4. The lowest BCUT2D eigenvalue weighted by Crippen LogP contribution is -1.98. The molecule has 0 fully saturated rings. The van der Waals surface area contributed by atoms with E-state index in [1.54, 1.807) is 56.4 Å². The van der Waals surface area contributed by atoms with Crippen LogP contribution >= 0.6 is 0 Å². The Hall–Kier alpha value is -13.2. The number of hydrogen-bond donors (Lipinski definition) is 6. The Morgan fingerprint density at radius 3 is 0.934 bits per heavy atom. The summed E-state index contributed by atoms with van der Waals surface area (Å²) in [6.45, 7) is 32.0. The van der Waals surface area contributed by atoms with E-state index in [1.807, 2.05) is 212 Å². The molecule has 0 amide bonds. The maximum Gasteiger partial charge on any atom is 0.151 e. The number of pyridine rings is 1. The second-order valence-corrected chi connectivity index (χ2v) is 26.6. The Kier molecular flexibility index (Phi) is 39.2. The van der Waals surface area contributed by atoms with E-state index in [9.17, 15) is 0 Å². The number of fused-ring (bicyclic) bond motifs is 9. The van der Waals surface area contributed by atoms with E-state index in [4.69, 9.17) is 22.9 Å². The van der Waals surface area contributed by atoms with Gasteiger partial charge < -0.3 is 46.2 Å². The van der Waals surface area contributed by atoms with Gasteiger partial charge in [0.25, 0.3) is 0 Å². The molecule has 21 rings (SSSR count). The predicted molar refractivity (Wildman–Crippen MR) is 508 cm³/mol. The number of aryl methyl sites for hydroxylation is 7. The fraction of sp³-hybridized carbons (Fsp3) is 0.310. The van der Waals surface area contributed by atoms with Crippen LogP contribution in [-0.2, 0) is 46.8 Å².